The zero-order valence-electron chi connectivity index (χ0n) is 25.1. The number of para-hydroxylation sites is 1. The highest BCUT2D eigenvalue weighted by molar-refractivity contribution is 7.94. The van der Waals surface area contributed by atoms with Gasteiger partial charge in [-0.3, -0.25) is 15.3 Å². The Morgan fingerprint density at radius 2 is 1.43 bits per heavy atom. The standard InChI is InChI=1S/C32H46Cl2N2O5S/c1-4-5-6-7-8-9-10-11-15-18-29(24-19-25(2)33)42(39,40)36(27-16-13-12-14-17-27)31(38)32(34,35)30(37)26-20-22-28(41-3)23-21-26/h12-14,16-17,20-23,25,29H,4-11,15,18-19,24,35H2,1-3H3. The van der Waals surface area contributed by atoms with Gasteiger partial charge in [-0.05, 0) is 62.6 Å². The molecule has 2 rings (SSSR count). The summed E-state index contributed by atoms with van der Waals surface area (Å²) < 4.78 is 34.3. The van der Waals surface area contributed by atoms with Gasteiger partial charge in [0.1, 0.15) is 5.75 Å². The Hall–Kier alpha value is -2.13. The van der Waals surface area contributed by atoms with Gasteiger partial charge in [0.25, 0.3) is 5.91 Å². The summed E-state index contributed by atoms with van der Waals surface area (Å²) in [6.07, 6.45) is 10.9. The fourth-order valence-corrected chi connectivity index (χ4v) is 7.19. The van der Waals surface area contributed by atoms with Crippen LogP contribution in [-0.2, 0) is 14.8 Å². The average molecular weight is 642 g/mol. The van der Waals surface area contributed by atoms with Gasteiger partial charge in [0.2, 0.25) is 20.8 Å². The van der Waals surface area contributed by atoms with Crippen molar-refractivity contribution in [1.29, 1.82) is 0 Å². The van der Waals surface area contributed by atoms with Gasteiger partial charge in [0.15, 0.2) is 0 Å². The number of rotatable bonds is 20. The molecule has 2 N–H and O–H groups in total. The number of sulfonamides is 1. The van der Waals surface area contributed by atoms with Gasteiger partial charge in [0, 0.05) is 10.9 Å². The number of alkyl halides is 2. The monoisotopic (exact) mass is 640 g/mol. The van der Waals surface area contributed by atoms with Gasteiger partial charge >= 0.3 is 0 Å². The molecule has 0 bridgehead atoms. The van der Waals surface area contributed by atoms with Crippen LogP contribution in [0.3, 0.4) is 0 Å². The van der Waals surface area contributed by atoms with Crippen LogP contribution in [0.1, 0.15) is 101 Å². The van der Waals surface area contributed by atoms with Gasteiger partial charge < -0.3 is 4.74 Å². The predicted octanol–water partition coefficient (Wildman–Crippen LogP) is 7.83. The summed E-state index contributed by atoms with van der Waals surface area (Å²) in [6, 6.07) is 13.8. The van der Waals surface area contributed by atoms with Crippen molar-refractivity contribution in [3.8, 4) is 5.75 Å². The summed E-state index contributed by atoms with van der Waals surface area (Å²) in [7, 11) is -2.86. The molecule has 1 amide bonds. The number of ketones is 1. The van der Waals surface area contributed by atoms with Crippen LogP contribution in [0.5, 0.6) is 5.75 Å². The normalized spacial score (nSPS) is 14.5. The number of nitrogens with two attached hydrogens (primary N) is 1. The van der Waals surface area contributed by atoms with Crippen LogP contribution in [0.25, 0.3) is 0 Å². The molecule has 3 atom stereocenters. The third kappa shape index (κ3) is 10.5. The summed E-state index contributed by atoms with van der Waals surface area (Å²) >= 11 is 12.7. The first-order chi connectivity index (χ1) is 20.0. The minimum absolute atomic E-state index is 0.0502. The fraction of sp³-hybridized carbons (Fsp3) is 0.562. The molecule has 2 aromatic rings. The number of methoxy groups -OCH3 is 1. The zero-order valence-corrected chi connectivity index (χ0v) is 27.4. The largest absolute Gasteiger partial charge is 0.497 e. The van der Waals surface area contributed by atoms with Crippen molar-refractivity contribution >= 4 is 50.6 Å². The Morgan fingerprint density at radius 3 is 1.95 bits per heavy atom. The van der Waals surface area contributed by atoms with Crippen LogP contribution in [0.2, 0.25) is 0 Å². The van der Waals surface area contributed by atoms with Crippen molar-refractivity contribution in [3.05, 3.63) is 60.2 Å². The number of hydrogen-bond acceptors (Lipinski definition) is 6. The number of carbonyl (C=O) groups is 2. The predicted molar refractivity (Wildman–Crippen MR) is 173 cm³/mol. The number of anilines is 1. The van der Waals surface area contributed by atoms with E-state index < -0.39 is 32.0 Å². The maximum Gasteiger partial charge on any atom is 0.284 e. The van der Waals surface area contributed by atoms with Crippen LogP contribution < -0.4 is 14.8 Å². The van der Waals surface area contributed by atoms with E-state index >= 15 is 0 Å². The minimum atomic E-state index is -4.34. The molecule has 0 saturated heterocycles. The molecule has 0 aliphatic heterocycles. The fourth-order valence-electron chi connectivity index (χ4n) is 4.83. The van der Waals surface area contributed by atoms with E-state index in [2.05, 4.69) is 6.92 Å². The lowest BCUT2D eigenvalue weighted by Gasteiger charge is -2.32. The molecule has 234 valence electrons. The molecule has 0 aliphatic rings. The van der Waals surface area contributed by atoms with Crippen molar-refractivity contribution in [2.75, 3.05) is 11.4 Å². The van der Waals surface area contributed by atoms with E-state index in [1.807, 2.05) is 0 Å². The first kappa shape index (κ1) is 36.1. The molecule has 0 aliphatic carbocycles. The van der Waals surface area contributed by atoms with Gasteiger partial charge in [-0.1, -0.05) is 94.5 Å². The second-order valence-corrected chi connectivity index (χ2v) is 14.2. The van der Waals surface area contributed by atoms with Crippen molar-refractivity contribution in [1.82, 2.24) is 0 Å². The number of amides is 1. The summed E-state index contributed by atoms with van der Waals surface area (Å²) in [6.45, 7) is 4.00. The number of carbonyl (C=O) groups excluding carboxylic acids is 2. The number of halogens is 2. The molecule has 0 radical (unpaired) electrons. The molecule has 0 heterocycles. The van der Waals surface area contributed by atoms with Crippen LogP contribution in [0.4, 0.5) is 5.69 Å². The Labute approximate surface area is 262 Å². The lowest BCUT2D eigenvalue weighted by Crippen LogP contribution is -2.59. The molecule has 0 saturated carbocycles. The Kier molecular flexibility index (Phi) is 15.3. The second kappa shape index (κ2) is 17.9. The van der Waals surface area contributed by atoms with E-state index in [9.17, 15) is 18.0 Å². The molecule has 7 nitrogen and oxygen atoms in total. The summed E-state index contributed by atoms with van der Waals surface area (Å²) in [5, 5.41) is -1.15. The van der Waals surface area contributed by atoms with Gasteiger partial charge in [-0.15, -0.1) is 11.6 Å². The molecule has 0 spiro atoms. The third-order valence-corrected chi connectivity index (χ3v) is 10.1. The summed E-state index contributed by atoms with van der Waals surface area (Å²) in [5.74, 6) is -1.65. The highest BCUT2D eigenvalue weighted by atomic mass is 35.5. The molecule has 2 aromatic carbocycles. The Balaban J connectivity index is 2.31. The van der Waals surface area contributed by atoms with E-state index in [0.29, 0.717) is 29.3 Å². The number of nitrogens with zero attached hydrogens (tertiary/aromatic N) is 1. The van der Waals surface area contributed by atoms with Gasteiger partial charge in [-0.25, -0.2) is 12.7 Å². The Morgan fingerprint density at radius 1 is 0.881 bits per heavy atom. The average Bonchev–Trinajstić information content (AvgIpc) is 2.97. The van der Waals surface area contributed by atoms with Crippen LogP contribution in [0, 0.1) is 0 Å². The van der Waals surface area contributed by atoms with Crippen molar-refractivity contribution in [2.24, 2.45) is 5.73 Å². The number of Topliss-reactive ketones (excluding diaryl/α,β-unsaturated/α-hetero) is 1. The van der Waals surface area contributed by atoms with Gasteiger partial charge in [-0.2, -0.15) is 0 Å². The second-order valence-electron chi connectivity index (χ2n) is 10.8. The molecule has 3 unspecified atom stereocenters. The zero-order chi connectivity index (χ0) is 31.2. The summed E-state index contributed by atoms with van der Waals surface area (Å²) in [5.41, 5.74) is 6.29. The highest BCUT2D eigenvalue weighted by Gasteiger charge is 2.49. The van der Waals surface area contributed by atoms with Crippen LogP contribution in [0.15, 0.2) is 54.6 Å². The molecule has 0 aromatic heterocycles. The van der Waals surface area contributed by atoms with Gasteiger partial charge in [0.05, 0.1) is 18.0 Å². The maximum atomic E-state index is 14.3. The quantitative estimate of drug-likeness (QED) is 0.0519. The molecular formula is C32H46Cl2N2O5S. The lowest BCUT2D eigenvalue weighted by molar-refractivity contribution is -0.118. The number of benzene rings is 2. The maximum absolute atomic E-state index is 14.3. The molecular weight excluding hydrogens is 595 g/mol. The van der Waals surface area contributed by atoms with E-state index in [1.165, 1.54) is 75.6 Å². The first-order valence-electron chi connectivity index (χ1n) is 14.9. The SMILES string of the molecule is CCCCCCCCCCCC(CCC(C)Cl)S(=O)(=O)N(C(=O)C(N)(Cl)C(=O)c1ccc(OC)cc1)c1ccccc1. The smallest absolute Gasteiger partial charge is 0.284 e. The molecule has 0 fully saturated rings. The van der Waals surface area contributed by atoms with Crippen molar-refractivity contribution in [3.63, 3.8) is 0 Å². The number of unbranched alkanes of at least 4 members (excludes halogenated alkanes) is 8. The van der Waals surface area contributed by atoms with E-state index in [1.54, 1.807) is 25.1 Å². The summed E-state index contributed by atoms with van der Waals surface area (Å²) in [4.78, 5) is 24.6. The van der Waals surface area contributed by atoms with Crippen molar-refractivity contribution < 1.29 is 22.7 Å². The van der Waals surface area contributed by atoms with Crippen LogP contribution >= 0.6 is 23.2 Å². The molecule has 42 heavy (non-hydrogen) atoms. The first-order valence-corrected chi connectivity index (χ1v) is 17.2. The van der Waals surface area contributed by atoms with E-state index in [4.69, 9.17) is 33.7 Å². The number of ether oxygens (including phenoxy) is 1. The number of hydrogen-bond donors (Lipinski definition) is 1. The third-order valence-electron chi connectivity index (χ3n) is 7.36. The highest BCUT2D eigenvalue weighted by Crippen LogP contribution is 2.31. The van der Waals surface area contributed by atoms with E-state index in [-0.39, 0.29) is 23.0 Å². The van der Waals surface area contributed by atoms with E-state index in [0.717, 1.165) is 19.3 Å². The Bertz CT molecular complexity index is 1210. The topological polar surface area (TPSA) is 107 Å². The minimum Gasteiger partial charge on any atom is -0.497 e. The van der Waals surface area contributed by atoms with Crippen molar-refractivity contribution in [2.45, 2.75) is 107 Å². The lowest BCUT2D eigenvalue weighted by atomic mass is 10.0. The van der Waals surface area contributed by atoms with Crippen LogP contribution in [-0.4, -0.2) is 42.8 Å². The molecule has 10 heteroatoms.